The van der Waals surface area contributed by atoms with Crippen molar-refractivity contribution in [3.05, 3.63) is 30.1 Å². The number of hydrogen-bond donors (Lipinski definition) is 1. The Bertz CT molecular complexity index is 717. The van der Waals surface area contributed by atoms with Crippen molar-refractivity contribution in [2.45, 2.75) is 12.8 Å². The van der Waals surface area contributed by atoms with E-state index in [-0.39, 0.29) is 5.82 Å². The number of tetrazole rings is 1. The molecule has 1 unspecified atom stereocenters. The first-order chi connectivity index (χ1) is 9.16. The number of carboxylic acid groups (broad SMARTS) is 1. The molecule has 7 nitrogen and oxygen atoms in total. The third-order valence-electron chi connectivity index (χ3n) is 2.72. The topological polar surface area (TPSA) is 93.8 Å². The maximum Gasteiger partial charge on any atom is 0.314 e. The minimum atomic E-state index is -0.975. The van der Waals surface area contributed by atoms with Gasteiger partial charge in [0.1, 0.15) is 5.92 Å². The molecule has 0 aliphatic rings. The Morgan fingerprint density at radius 2 is 2.21 bits per heavy atom. The van der Waals surface area contributed by atoms with Gasteiger partial charge in [0.15, 0.2) is 5.82 Å². The second-order valence-electron chi connectivity index (χ2n) is 3.97. The molecule has 0 amide bonds. The summed E-state index contributed by atoms with van der Waals surface area (Å²) in [6, 6.07) is 7.65. The molecule has 0 fully saturated rings. The number of aliphatic carboxylic acids is 1. The molecule has 8 heteroatoms. The van der Waals surface area contributed by atoms with Gasteiger partial charge in [0.2, 0.25) is 5.13 Å². The van der Waals surface area contributed by atoms with Crippen LogP contribution in [0.15, 0.2) is 24.3 Å². The van der Waals surface area contributed by atoms with Crippen molar-refractivity contribution in [3.63, 3.8) is 0 Å². The molecule has 0 saturated heterocycles. The van der Waals surface area contributed by atoms with Gasteiger partial charge >= 0.3 is 5.97 Å². The van der Waals surface area contributed by atoms with Gasteiger partial charge in [-0.15, -0.1) is 5.10 Å². The number of benzene rings is 1. The summed E-state index contributed by atoms with van der Waals surface area (Å²) in [5, 5.41) is 20.7. The first kappa shape index (κ1) is 11.7. The fraction of sp³-hybridized carbons (Fsp3) is 0.182. The van der Waals surface area contributed by atoms with Crippen LogP contribution in [-0.4, -0.2) is 36.3 Å². The minimum Gasteiger partial charge on any atom is -0.481 e. The van der Waals surface area contributed by atoms with Crippen LogP contribution in [0.5, 0.6) is 0 Å². The summed E-state index contributed by atoms with van der Waals surface area (Å²) in [5.41, 5.74) is 0.840. The van der Waals surface area contributed by atoms with E-state index in [1.807, 2.05) is 24.3 Å². The highest BCUT2D eigenvalue weighted by molar-refractivity contribution is 7.20. The molecule has 0 radical (unpaired) electrons. The molecule has 2 aromatic heterocycles. The van der Waals surface area contributed by atoms with Crippen LogP contribution in [0.4, 0.5) is 0 Å². The predicted octanol–water partition coefficient (Wildman–Crippen LogP) is 1.46. The zero-order valence-corrected chi connectivity index (χ0v) is 10.7. The van der Waals surface area contributed by atoms with Crippen molar-refractivity contribution < 1.29 is 9.90 Å². The van der Waals surface area contributed by atoms with Crippen molar-refractivity contribution in [1.82, 2.24) is 25.2 Å². The number of carboxylic acids is 1. The quantitative estimate of drug-likeness (QED) is 0.777. The third kappa shape index (κ3) is 1.95. The Morgan fingerprint density at radius 1 is 1.42 bits per heavy atom. The Kier molecular flexibility index (Phi) is 2.71. The number of rotatable bonds is 3. The summed E-state index contributed by atoms with van der Waals surface area (Å²) in [6.45, 7) is 1.54. The molecular formula is C11H9N5O2S. The molecule has 0 saturated carbocycles. The zero-order chi connectivity index (χ0) is 13.4. The molecule has 3 aromatic rings. The minimum absolute atomic E-state index is 0.270. The molecule has 1 aromatic carbocycles. The number of aromatic nitrogens is 5. The summed E-state index contributed by atoms with van der Waals surface area (Å²) < 4.78 is 2.38. The second-order valence-corrected chi connectivity index (χ2v) is 4.98. The molecule has 3 rings (SSSR count). The van der Waals surface area contributed by atoms with E-state index in [9.17, 15) is 4.79 Å². The average Bonchev–Trinajstić information content (AvgIpc) is 3.03. The van der Waals surface area contributed by atoms with Crippen molar-refractivity contribution in [1.29, 1.82) is 0 Å². The number of fused-ring (bicyclic) bond motifs is 1. The van der Waals surface area contributed by atoms with Crippen LogP contribution in [-0.2, 0) is 4.79 Å². The summed E-state index contributed by atoms with van der Waals surface area (Å²) in [5.74, 6) is -1.49. The molecular weight excluding hydrogens is 266 g/mol. The normalized spacial score (nSPS) is 12.7. The fourth-order valence-corrected chi connectivity index (χ4v) is 2.58. The molecule has 1 atom stereocenters. The monoisotopic (exact) mass is 275 g/mol. The second kappa shape index (κ2) is 4.39. The highest BCUT2D eigenvalue weighted by Crippen LogP contribution is 2.25. The Morgan fingerprint density at radius 3 is 2.95 bits per heavy atom. The number of carbonyl (C=O) groups is 1. The van der Waals surface area contributed by atoms with Crippen molar-refractivity contribution >= 4 is 27.5 Å². The SMILES string of the molecule is CC(C(=O)O)c1nnnn1-c1nc2ccccc2s1. The van der Waals surface area contributed by atoms with Gasteiger partial charge in [-0.3, -0.25) is 4.79 Å². The van der Waals surface area contributed by atoms with Gasteiger partial charge in [-0.2, -0.15) is 4.68 Å². The van der Waals surface area contributed by atoms with Gasteiger partial charge in [0.25, 0.3) is 0 Å². The fourth-order valence-electron chi connectivity index (χ4n) is 1.66. The number of nitrogens with zero attached hydrogens (tertiary/aromatic N) is 5. The maximum atomic E-state index is 11.0. The van der Waals surface area contributed by atoms with Crippen molar-refractivity contribution in [2.75, 3.05) is 0 Å². The van der Waals surface area contributed by atoms with Crippen LogP contribution >= 0.6 is 11.3 Å². The van der Waals surface area contributed by atoms with Crippen LogP contribution in [0.25, 0.3) is 15.3 Å². The lowest BCUT2D eigenvalue weighted by molar-refractivity contribution is -0.138. The summed E-state index contributed by atoms with van der Waals surface area (Å²) in [4.78, 5) is 15.4. The Hall–Kier alpha value is -2.35. The van der Waals surface area contributed by atoms with Crippen LogP contribution in [0, 0.1) is 0 Å². The predicted molar refractivity (Wildman–Crippen MR) is 68.4 cm³/mol. The summed E-state index contributed by atoms with van der Waals surface area (Å²) >= 11 is 1.41. The Balaban J connectivity index is 2.12. The zero-order valence-electron chi connectivity index (χ0n) is 9.89. The van der Waals surface area contributed by atoms with E-state index in [0.29, 0.717) is 5.13 Å². The number of para-hydroxylation sites is 1. The van der Waals surface area contributed by atoms with E-state index in [1.165, 1.54) is 22.9 Å². The molecule has 1 N–H and O–H groups in total. The van der Waals surface area contributed by atoms with E-state index >= 15 is 0 Å². The average molecular weight is 275 g/mol. The molecule has 96 valence electrons. The Labute approximate surface area is 111 Å². The van der Waals surface area contributed by atoms with E-state index in [1.54, 1.807) is 0 Å². The van der Waals surface area contributed by atoms with Crippen LogP contribution in [0.2, 0.25) is 0 Å². The van der Waals surface area contributed by atoms with Crippen LogP contribution < -0.4 is 0 Å². The summed E-state index contributed by atoms with van der Waals surface area (Å²) in [6.07, 6.45) is 0. The number of hydrogen-bond acceptors (Lipinski definition) is 6. The van der Waals surface area contributed by atoms with Gasteiger partial charge in [-0.25, -0.2) is 4.98 Å². The van der Waals surface area contributed by atoms with E-state index < -0.39 is 11.9 Å². The van der Waals surface area contributed by atoms with E-state index in [2.05, 4.69) is 20.5 Å². The van der Waals surface area contributed by atoms with Crippen molar-refractivity contribution in [2.24, 2.45) is 0 Å². The highest BCUT2D eigenvalue weighted by Gasteiger charge is 2.23. The van der Waals surface area contributed by atoms with Crippen molar-refractivity contribution in [3.8, 4) is 5.13 Å². The molecule has 0 spiro atoms. The van der Waals surface area contributed by atoms with E-state index in [0.717, 1.165) is 10.2 Å². The lowest BCUT2D eigenvalue weighted by atomic mass is 10.2. The molecule has 0 aliphatic carbocycles. The first-order valence-corrected chi connectivity index (χ1v) is 6.35. The van der Waals surface area contributed by atoms with Gasteiger partial charge in [-0.05, 0) is 29.5 Å². The molecule has 0 aliphatic heterocycles. The molecule has 19 heavy (non-hydrogen) atoms. The van der Waals surface area contributed by atoms with Gasteiger partial charge in [0, 0.05) is 0 Å². The third-order valence-corrected chi connectivity index (χ3v) is 3.73. The summed E-state index contributed by atoms with van der Waals surface area (Å²) in [7, 11) is 0. The van der Waals surface area contributed by atoms with Gasteiger partial charge < -0.3 is 5.11 Å². The van der Waals surface area contributed by atoms with Gasteiger partial charge in [0.05, 0.1) is 10.2 Å². The maximum absolute atomic E-state index is 11.0. The van der Waals surface area contributed by atoms with Crippen LogP contribution in [0.1, 0.15) is 18.7 Å². The first-order valence-electron chi connectivity index (χ1n) is 5.54. The van der Waals surface area contributed by atoms with Gasteiger partial charge in [-0.1, -0.05) is 23.5 Å². The standard InChI is InChI=1S/C11H9N5O2S/c1-6(10(17)18)9-13-14-15-16(9)11-12-7-4-2-3-5-8(7)19-11/h2-6H,1H3,(H,17,18). The molecule has 0 bridgehead atoms. The molecule has 2 heterocycles. The largest absolute Gasteiger partial charge is 0.481 e. The lowest BCUT2D eigenvalue weighted by Gasteiger charge is -2.03. The highest BCUT2D eigenvalue weighted by atomic mass is 32.1. The van der Waals surface area contributed by atoms with E-state index in [4.69, 9.17) is 5.11 Å². The smallest absolute Gasteiger partial charge is 0.314 e. The van der Waals surface area contributed by atoms with Crippen LogP contribution in [0.3, 0.4) is 0 Å². The number of thiazole rings is 1. The lowest BCUT2D eigenvalue weighted by Crippen LogP contribution is -2.14.